The van der Waals surface area contributed by atoms with Crippen LogP contribution in [0.1, 0.15) is 84.5 Å². The molecule has 6 aliphatic rings. The van der Waals surface area contributed by atoms with Gasteiger partial charge in [-0.05, 0) is 56.9 Å². The van der Waals surface area contributed by atoms with Crippen molar-refractivity contribution in [1.82, 2.24) is 0 Å². The third-order valence-corrected chi connectivity index (χ3v) is 10.8. The van der Waals surface area contributed by atoms with Crippen LogP contribution in [0.15, 0.2) is 12.2 Å². The van der Waals surface area contributed by atoms with Crippen molar-refractivity contribution in [1.29, 1.82) is 0 Å². The second kappa shape index (κ2) is 14.3. The van der Waals surface area contributed by atoms with Crippen LogP contribution in [0.4, 0.5) is 0 Å². The molecule has 0 aromatic rings. The van der Waals surface area contributed by atoms with Gasteiger partial charge in [0, 0.05) is 18.8 Å². The highest BCUT2D eigenvalue weighted by atomic mass is 16.6. The molecule has 0 aliphatic carbocycles. The topological polar surface area (TPSA) is 142 Å². The molecular formula is C33H52O11. The third kappa shape index (κ3) is 7.21. The molecule has 44 heavy (non-hydrogen) atoms. The number of esters is 1. The molecule has 0 aromatic carbocycles. The second-order valence-electron chi connectivity index (χ2n) is 13.9. The lowest BCUT2D eigenvalue weighted by atomic mass is 9.85. The number of hydrogen-bond acceptors (Lipinski definition) is 11. The minimum atomic E-state index is -0.783. The lowest BCUT2D eigenvalue weighted by Crippen LogP contribution is -2.58. The lowest BCUT2D eigenvalue weighted by Gasteiger charge is -2.47. The van der Waals surface area contributed by atoms with Crippen LogP contribution < -0.4 is 0 Å². The van der Waals surface area contributed by atoms with Crippen molar-refractivity contribution in [2.45, 2.75) is 170 Å². The van der Waals surface area contributed by atoms with Crippen LogP contribution >= 0.6 is 0 Å². The number of aliphatic hydroxyl groups is 3. The Kier molecular flexibility index (Phi) is 10.7. The predicted octanol–water partition coefficient (Wildman–Crippen LogP) is 2.35. The molecule has 0 spiro atoms. The van der Waals surface area contributed by atoms with E-state index in [0.717, 1.165) is 38.5 Å². The first kappa shape index (κ1) is 32.8. The maximum atomic E-state index is 12.9. The van der Waals surface area contributed by atoms with Crippen LogP contribution in [-0.2, 0) is 38.0 Å². The SMILES string of the molecule is C=C1C[C@H](CCC2CCC(C3C[C@@H](O)C4OC(CC(=O)OC5CO[C@H]6CC(O)C(CO)O[C@H]6[C@@H]5C)CCC4O3)O2)O[C@H]1CC. The van der Waals surface area contributed by atoms with Gasteiger partial charge in [-0.15, -0.1) is 0 Å². The van der Waals surface area contributed by atoms with Gasteiger partial charge in [-0.1, -0.05) is 20.4 Å². The van der Waals surface area contributed by atoms with Crippen LogP contribution in [0.25, 0.3) is 0 Å². The first-order valence-electron chi connectivity index (χ1n) is 16.9. The number of hydrogen-bond donors (Lipinski definition) is 3. The fourth-order valence-electron chi connectivity index (χ4n) is 8.18. The molecule has 6 aliphatic heterocycles. The van der Waals surface area contributed by atoms with Crippen LogP contribution in [0.5, 0.6) is 0 Å². The quantitative estimate of drug-likeness (QED) is 0.257. The molecule has 15 atom stereocenters. The average Bonchev–Trinajstić information content (AvgIpc) is 3.63. The molecule has 9 unspecified atom stereocenters. The van der Waals surface area contributed by atoms with Crippen molar-refractivity contribution in [3.05, 3.63) is 12.2 Å². The molecular weight excluding hydrogens is 572 g/mol. The second-order valence-corrected chi connectivity index (χ2v) is 13.9. The van der Waals surface area contributed by atoms with Crippen LogP contribution in [-0.4, -0.2) is 120 Å². The fraction of sp³-hybridized carbons (Fsp3) is 0.909. The number of rotatable bonds is 9. The van der Waals surface area contributed by atoms with E-state index in [0.29, 0.717) is 25.7 Å². The third-order valence-electron chi connectivity index (χ3n) is 10.8. The van der Waals surface area contributed by atoms with E-state index in [1.807, 2.05) is 6.92 Å². The normalized spacial score (nSPS) is 47.7. The Morgan fingerprint density at radius 2 is 1.61 bits per heavy atom. The van der Waals surface area contributed by atoms with Crippen molar-refractivity contribution in [2.24, 2.45) is 5.92 Å². The summed E-state index contributed by atoms with van der Waals surface area (Å²) in [6.07, 6.45) is 4.02. The Morgan fingerprint density at radius 3 is 2.39 bits per heavy atom. The van der Waals surface area contributed by atoms with Crippen LogP contribution in [0.3, 0.4) is 0 Å². The van der Waals surface area contributed by atoms with E-state index in [1.54, 1.807) is 0 Å². The lowest BCUT2D eigenvalue weighted by molar-refractivity contribution is -0.253. The van der Waals surface area contributed by atoms with Crippen molar-refractivity contribution >= 4 is 5.97 Å². The summed E-state index contributed by atoms with van der Waals surface area (Å²) < 4.78 is 42.8. The molecule has 0 amide bonds. The Morgan fingerprint density at radius 1 is 0.864 bits per heavy atom. The van der Waals surface area contributed by atoms with E-state index in [4.69, 9.17) is 33.2 Å². The Labute approximate surface area is 260 Å². The fourth-order valence-corrected chi connectivity index (χ4v) is 8.18. The summed E-state index contributed by atoms with van der Waals surface area (Å²) in [5.74, 6) is -0.530. The predicted molar refractivity (Wildman–Crippen MR) is 157 cm³/mol. The van der Waals surface area contributed by atoms with Crippen molar-refractivity contribution < 1.29 is 53.3 Å². The van der Waals surface area contributed by atoms with Gasteiger partial charge in [0.2, 0.25) is 0 Å². The summed E-state index contributed by atoms with van der Waals surface area (Å²) in [6.45, 7) is 8.19. The Balaban J connectivity index is 0.926. The number of aliphatic hydroxyl groups excluding tert-OH is 3. The summed E-state index contributed by atoms with van der Waals surface area (Å²) in [5.41, 5.74) is 1.20. The number of carbonyl (C=O) groups is 1. The average molecular weight is 625 g/mol. The molecule has 0 saturated carbocycles. The maximum absolute atomic E-state index is 12.9. The zero-order chi connectivity index (χ0) is 31.0. The minimum Gasteiger partial charge on any atom is -0.459 e. The molecule has 6 saturated heterocycles. The molecule has 250 valence electrons. The highest BCUT2D eigenvalue weighted by molar-refractivity contribution is 5.70. The van der Waals surface area contributed by atoms with E-state index < -0.39 is 30.5 Å². The van der Waals surface area contributed by atoms with E-state index in [1.165, 1.54) is 5.57 Å². The molecule has 11 heteroatoms. The van der Waals surface area contributed by atoms with Gasteiger partial charge in [0.25, 0.3) is 0 Å². The van der Waals surface area contributed by atoms with Crippen molar-refractivity contribution in [2.75, 3.05) is 13.2 Å². The summed E-state index contributed by atoms with van der Waals surface area (Å²) in [4.78, 5) is 12.9. The number of fused-ring (bicyclic) bond motifs is 2. The first-order valence-corrected chi connectivity index (χ1v) is 16.9. The van der Waals surface area contributed by atoms with Gasteiger partial charge in [-0.3, -0.25) is 4.79 Å². The standard InChI is InChI=1S/C33H52O11/c1-4-24-17(2)11-20(40-24)6-5-19-7-9-25(39-19)27-14-23(36)33-26(42-27)10-8-21(41-33)12-31(37)43-30-16-38-28-13-22(35)29(15-34)44-32(28)18(30)3/h18-30,32-36H,2,4-16H2,1,3H3/t18-,19?,20+,21?,22?,23-,24+,25?,26?,27?,28+,29?,30?,32+,33?/m1/s1. The summed E-state index contributed by atoms with van der Waals surface area (Å²) in [5, 5.41) is 30.7. The summed E-state index contributed by atoms with van der Waals surface area (Å²) in [7, 11) is 0. The highest BCUT2D eigenvalue weighted by Gasteiger charge is 2.49. The summed E-state index contributed by atoms with van der Waals surface area (Å²) >= 11 is 0. The Hall–Kier alpha value is -1.15. The number of ether oxygens (including phenoxy) is 7. The molecule has 6 rings (SSSR count). The molecule has 3 N–H and O–H groups in total. The maximum Gasteiger partial charge on any atom is 0.308 e. The van der Waals surface area contributed by atoms with Gasteiger partial charge < -0.3 is 48.5 Å². The Bertz CT molecular complexity index is 993. The summed E-state index contributed by atoms with van der Waals surface area (Å²) in [6, 6.07) is 0. The molecule has 6 heterocycles. The van der Waals surface area contributed by atoms with Crippen LogP contribution in [0, 0.1) is 5.92 Å². The first-order chi connectivity index (χ1) is 21.2. The molecule has 0 radical (unpaired) electrons. The van der Waals surface area contributed by atoms with Gasteiger partial charge in [-0.25, -0.2) is 0 Å². The smallest absolute Gasteiger partial charge is 0.308 e. The van der Waals surface area contributed by atoms with Crippen LogP contribution in [0.2, 0.25) is 0 Å². The van der Waals surface area contributed by atoms with E-state index >= 15 is 0 Å². The molecule has 11 nitrogen and oxygen atoms in total. The molecule has 6 fully saturated rings. The van der Waals surface area contributed by atoms with E-state index in [-0.39, 0.29) is 86.5 Å². The minimum absolute atomic E-state index is 0.0329. The van der Waals surface area contributed by atoms with Gasteiger partial charge >= 0.3 is 5.97 Å². The monoisotopic (exact) mass is 624 g/mol. The molecule has 0 bridgehead atoms. The van der Waals surface area contributed by atoms with Gasteiger partial charge in [0.1, 0.15) is 18.3 Å². The van der Waals surface area contributed by atoms with Crippen molar-refractivity contribution in [3.8, 4) is 0 Å². The highest BCUT2D eigenvalue weighted by Crippen LogP contribution is 2.39. The van der Waals surface area contributed by atoms with Gasteiger partial charge in [0.15, 0.2) is 0 Å². The van der Waals surface area contributed by atoms with Crippen molar-refractivity contribution in [3.63, 3.8) is 0 Å². The van der Waals surface area contributed by atoms with E-state index in [9.17, 15) is 20.1 Å². The number of carbonyl (C=O) groups excluding carboxylic acids is 1. The zero-order valence-electron chi connectivity index (χ0n) is 26.2. The largest absolute Gasteiger partial charge is 0.459 e. The van der Waals surface area contributed by atoms with Gasteiger partial charge in [0.05, 0.1) is 86.8 Å². The van der Waals surface area contributed by atoms with Gasteiger partial charge in [-0.2, -0.15) is 0 Å². The van der Waals surface area contributed by atoms with E-state index in [2.05, 4.69) is 13.5 Å². The zero-order valence-corrected chi connectivity index (χ0v) is 26.2. The molecule has 0 aromatic heterocycles.